The quantitative estimate of drug-likeness (QED) is 0.775. The molecule has 5 heteroatoms. The molecular weight excluding hydrogens is 284 g/mol. The SMILES string of the molecule is COc1ccc(CNc2nsc3ccc(OC)cc23)cc1. The highest BCUT2D eigenvalue weighted by molar-refractivity contribution is 7.13. The Kier molecular flexibility index (Phi) is 3.92. The Morgan fingerprint density at radius 3 is 2.43 bits per heavy atom. The maximum Gasteiger partial charge on any atom is 0.147 e. The number of fused-ring (bicyclic) bond motifs is 1. The van der Waals surface area contributed by atoms with Crippen LogP contribution in [0.25, 0.3) is 10.1 Å². The lowest BCUT2D eigenvalue weighted by atomic mass is 10.2. The van der Waals surface area contributed by atoms with Gasteiger partial charge in [0.05, 0.1) is 18.9 Å². The predicted octanol–water partition coefficient (Wildman–Crippen LogP) is 3.93. The lowest BCUT2D eigenvalue weighted by molar-refractivity contribution is 0.414. The van der Waals surface area contributed by atoms with Crippen LogP contribution in [0.4, 0.5) is 5.82 Å². The molecule has 2 aromatic carbocycles. The largest absolute Gasteiger partial charge is 0.497 e. The van der Waals surface area contributed by atoms with Gasteiger partial charge >= 0.3 is 0 Å². The fourth-order valence-corrected chi connectivity index (χ4v) is 2.84. The summed E-state index contributed by atoms with van der Waals surface area (Å²) in [5, 5.41) is 4.47. The molecule has 4 nitrogen and oxygen atoms in total. The Hall–Kier alpha value is -2.27. The van der Waals surface area contributed by atoms with E-state index >= 15 is 0 Å². The van der Waals surface area contributed by atoms with E-state index in [0.717, 1.165) is 33.9 Å². The third-order valence-electron chi connectivity index (χ3n) is 3.30. The van der Waals surface area contributed by atoms with E-state index in [4.69, 9.17) is 9.47 Å². The first-order valence-electron chi connectivity index (χ1n) is 6.60. The minimum Gasteiger partial charge on any atom is -0.497 e. The first kappa shape index (κ1) is 13.7. The summed E-state index contributed by atoms with van der Waals surface area (Å²) in [6, 6.07) is 14.0. The smallest absolute Gasteiger partial charge is 0.147 e. The van der Waals surface area contributed by atoms with Gasteiger partial charge in [0.15, 0.2) is 0 Å². The highest BCUT2D eigenvalue weighted by Gasteiger charge is 2.07. The standard InChI is InChI=1S/C16H16N2O2S/c1-19-12-5-3-11(4-6-12)10-17-16-14-9-13(20-2)7-8-15(14)21-18-16/h3-9H,10H2,1-2H3,(H,17,18). The van der Waals surface area contributed by atoms with Crippen LogP contribution in [-0.2, 0) is 6.54 Å². The van der Waals surface area contributed by atoms with Crippen molar-refractivity contribution in [3.05, 3.63) is 48.0 Å². The molecule has 0 radical (unpaired) electrons. The van der Waals surface area contributed by atoms with Crippen molar-refractivity contribution in [2.24, 2.45) is 0 Å². The number of benzene rings is 2. The summed E-state index contributed by atoms with van der Waals surface area (Å²) in [5.74, 6) is 2.60. The Morgan fingerprint density at radius 1 is 1.00 bits per heavy atom. The maximum absolute atomic E-state index is 5.27. The van der Waals surface area contributed by atoms with Gasteiger partial charge in [0.2, 0.25) is 0 Å². The van der Waals surface area contributed by atoms with E-state index in [1.165, 1.54) is 17.1 Å². The predicted molar refractivity (Wildman–Crippen MR) is 86.5 cm³/mol. The zero-order valence-corrected chi connectivity index (χ0v) is 12.7. The average Bonchev–Trinajstić information content (AvgIpc) is 2.95. The van der Waals surface area contributed by atoms with Crippen LogP contribution in [-0.4, -0.2) is 18.6 Å². The molecule has 0 aliphatic heterocycles. The van der Waals surface area contributed by atoms with Crippen molar-refractivity contribution in [2.75, 3.05) is 19.5 Å². The van der Waals surface area contributed by atoms with E-state index in [2.05, 4.69) is 9.69 Å². The van der Waals surface area contributed by atoms with Crippen molar-refractivity contribution in [1.29, 1.82) is 0 Å². The molecule has 0 spiro atoms. The molecule has 0 aliphatic rings. The minimum atomic E-state index is 0.722. The summed E-state index contributed by atoms with van der Waals surface area (Å²) in [6.45, 7) is 0.722. The summed E-state index contributed by atoms with van der Waals surface area (Å²) in [6.07, 6.45) is 0. The first-order valence-corrected chi connectivity index (χ1v) is 7.37. The molecule has 0 saturated carbocycles. The number of hydrogen-bond acceptors (Lipinski definition) is 5. The first-order chi connectivity index (χ1) is 10.3. The van der Waals surface area contributed by atoms with Crippen molar-refractivity contribution in [2.45, 2.75) is 6.54 Å². The van der Waals surface area contributed by atoms with E-state index in [1.807, 2.05) is 42.5 Å². The van der Waals surface area contributed by atoms with Gasteiger partial charge in [-0.05, 0) is 47.4 Å². The second-order valence-electron chi connectivity index (χ2n) is 4.59. The number of anilines is 1. The lowest BCUT2D eigenvalue weighted by Crippen LogP contribution is -1.99. The molecule has 3 aromatic rings. The van der Waals surface area contributed by atoms with Crippen molar-refractivity contribution in [1.82, 2.24) is 4.37 Å². The lowest BCUT2D eigenvalue weighted by Gasteiger charge is -2.06. The number of hydrogen-bond donors (Lipinski definition) is 1. The zero-order chi connectivity index (χ0) is 14.7. The van der Waals surface area contributed by atoms with Crippen molar-refractivity contribution < 1.29 is 9.47 Å². The minimum absolute atomic E-state index is 0.722. The summed E-state index contributed by atoms with van der Waals surface area (Å²) in [5.41, 5.74) is 1.18. The molecule has 1 N–H and O–H groups in total. The Morgan fingerprint density at radius 2 is 1.71 bits per heavy atom. The molecule has 0 aliphatic carbocycles. The van der Waals surface area contributed by atoms with Crippen LogP contribution >= 0.6 is 11.5 Å². The van der Waals surface area contributed by atoms with Crippen LogP contribution < -0.4 is 14.8 Å². The Bertz CT molecular complexity index is 738. The molecule has 0 bridgehead atoms. The van der Waals surface area contributed by atoms with Crippen LogP contribution in [0.3, 0.4) is 0 Å². The van der Waals surface area contributed by atoms with E-state index < -0.39 is 0 Å². The number of methoxy groups -OCH3 is 2. The Balaban J connectivity index is 1.77. The van der Waals surface area contributed by atoms with E-state index in [0.29, 0.717) is 0 Å². The number of nitrogens with zero attached hydrogens (tertiary/aromatic N) is 1. The van der Waals surface area contributed by atoms with E-state index in [9.17, 15) is 0 Å². The molecule has 0 saturated heterocycles. The molecule has 108 valence electrons. The van der Waals surface area contributed by atoms with Crippen LogP contribution in [0.1, 0.15) is 5.56 Å². The van der Waals surface area contributed by atoms with Crippen LogP contribution in [0.5, 0.6) is 11.5 Å². The zero-order valence-electron chi connectivity index (χ0n) is 11.9. The van der Waals surface area contributed by atoms with Gasteiger partial charge in [0.1, 0.15) is 17.3 Å². The third-order valence-corrected chi connectivity index (χ3v) is 4.12. The Labute approximate surface area is 127 Å². The fourth-order valence-electron chi connectivity index (χ4n) is 2.10. The van der Waals surface area contributed by atoms with E-state index in [-0.39, 0.29) is 0 Å². The maximum atomic E-state index is 5.27. The average molecular weight is 300 g/mol. The molecule has 0 unspecified atom stereocenters. The molecule has 0 fully saturated rings. The van der Waals surface area contributed by atoms with Gasteiger partial charge in [0.25, 0.3) is 0 Å². The van der Waals surface area contributed by atoms with Gasteiger partial charge < -0.3 is 14.8 Å². The van der Waals surface area contributed by atoms with Crippen molar-refractivity contribution in [3.63, 3.8) is 0 Å². The number of nitrogens with one attached hydrogen (secondary N) is 1. The second kappa shape index (κ2) is 6.01. The van der Waals surface area contributed by atoms with Gasteiger partial charge in [-0.25, -0.2) is 0 Å². The molecule has 0 atom stereocenters. The van der Waals surface area contributed by atoms with Crippen LogP contribution in [0.2, 0.25) is 0 Å². The monoisotopic (exact) mass is 300 g/mol. The number of ether oxygens (including phenoxy) is 2. The fraction of sp³-hybridized carbons (Fsp3) is 0.188. The molecule has 0 amide bonds. The summed E-state index contributed by atoms with van der Waals surface area (Å²) >= 11 is 1.49. The topological polar surface area (TPSA) is 43.4 Å². The van der Waals surface area contributed by atoms with Crippen molar-refractivity contribution in [3.8, 4) is 11.5 Å². The summed E-state index contributed by atoms with van der Waals surface area (Å²) < 4.78 is 16.0. The van der Waals surface area contributed by atoms with Gasteiger partial charge in [-0.3, -0.25) is 0 Å². The van der Waals surface area contributed by atoms with Crippen LogP contribution in [0, 0.1) is 0 Å². The summed E-state index contributed by atoms with van der Waals surface area (Å²) in [4.78, 5) is 0. The second-order valence-corrected chi connectivity index (χ2v) is 5.40. The van der Waals surface area contributed by atoms with Crippen molar-refractivity contribution >= 4 is 27.4 Å². The highest BCUT2D eigenvalue weighted by atomic mass is 32.1. The molecule has 21 heavy (non-hydrogen) atoms. The normalized spacial score (nSPS) is 10.6. The van der Waals surface area contributed by atoms with E-state index in [1.54, 1.807) is 14.2 Å². The van der Waals surface area contributed by atoms with Crippen LogP contribution in [0.15, 0.2) is 42.5 Å². The third kappa shape index (κ3) is 2.92. The highest BCUT2D eigenvalue weighted by Crippen LogP contribution is 2.30. The number of aromatic nitrogens is 1. The molecular formula is C16H16N2O2S. The molecule has 1 heterocycles. The van der Waals surface area contributed by atoms with Gasteiger partial charge in [-0.2, -0.15) is 4.37 Å². The van der Waals surface area contributed by atoms with Gasteiger partial charge in [-0.15, -0.1) is 0 Å². The number of rotatable bonds is 5. The van der Waals surface area contributed by atoms with Gasteiger partial charge in [0, 0.05) is 11.9 Å². The molecule has 3 rings (SSSR count). The molecule has 1 aromatic heterocycles. The summed E-state index contributed by atoms with van der Waals surface area (Å²) in [7, 11) is 3.34. The van der Waals surface area contributed by atoms with Gasteiger partial charge in [-0.1, -0.05) is 12.1 Å².